The molecule has 0 aromatic carbocycles. The molecule has 39 heavy (non-hydrogen) atoms. The maximum absolute atomic E-state index is 12.6. The highest BCUT2D eigenvalue weighted by Crippen LogP contribution is 2.43. The fourth-order valence-corrected chi connectivity index (χ4v) is 4.79. The third kappa shape index (κ3) is 8.39. The SMILES string of the molecule is CCC1(C)CCN(c2c(-c3ccc(OCCOC(C)(C)C)cn3)cnc(C)c2[C@H](OC(C)(C)C)C(=O)O)CC1. The van der Waals surface area contributed by atoms with Gasteiger partial charge in [0.1, 0.15) is 12.4 Å². The maximum Gasteiger partial charge on any atom is 0.337 e. The predicted molar refractivity (Wildman–Crippen MR) is 154 cm³/mol. The molecule has 1 aliphatic heterocycles. The number of aromatic nitrogens is 2. The zero-order chi connectivity index (χ0) is 29.0. The molecule has 1 saturated heterocycles. The van der Waals surface area contributed by atoms with E-state index in [1.165, 1.54) is 0 Å². The van der Waals surface area contributed by atoms with Gasteiger partial charge in [0.25, 0.3) is 0 Å². The van der Waals surface area contributed by atoms with Crippen molar-refractivity contribution < 1.29 is 24.1 Å². The van der Waals surface area contributed by atoms with Crippen LogP contribution in [0.4, 0.5) is 5.69 Å². The first-order valence-electron chi connectivity index (χ1n) is 14.0. The van der Waals surface area contributed by atoms with Crippen molar-refractivity contribution in [2.45, 2.75) is 98.9 Å². The molecule has 8 heteroatoms. The third-order valence-corrected chi connectivity index (χ3v) is 7.28. The molecule has 3 heterocycles. The average molecular weight is 542 g/mol. The molecule has 0 amide bonds. The summed E-state index contributed by atoms with van der Waals surface area (Å²) in [5.74, 6) is -0.382. The van der Waals surface area contributed by atoms with E-state index in [4.69, 9.17) is 19.2 Å². The molecular formula is C31H47N3O5. The predicted octanol–water partition coefficient (Wildman–Crippen LogP) is 6.60. The van der Waals surface area contributed by atoms with Crippen LogP contribution in [-0.2, 0) is 14.3 Å². The lowest BCUT2D eigenvalue weighted by Gasteiger charge is -2.42. The highest BCUT2D eigenvalue weighted by molar-refractivity contribution is 5.85. The fourth-order valence-electron chi connectivity index (χ4n) is 4.79. The monoisotopic (exact) mass is 541 g/mol. The molecule has 216 valence electrons. The molecule has 0 radical (unpaired) electrons. The number of anilines is 1. The zero-order valence-electron chi connectivity index (χ0n) is 25.3. The van der Waals surface area contributed by atoms with Crippen LogP contribution in [0.5, 0.6) is 5.75 Å². The summed E-state index contributed by atoms with van der Waals surface area (Å²) in [6.45, 7) is 20.6. The first-order chi connectivity index (χ1) is 18.1. The van der Waals surface area contributed by atoms with Crippen LogP contribution in [-0.4, -0.2) is 58.5 Å². The number of carbonyl (C=O) groups is 1. The molecule has 3 rings (SSSR count). The van der Waals surface area contributed by atoms with Crippen LogP contribution in [0.3, 0.4) is 0 Å². The number of aliphatic carboxylic acids is 1. The van der Waals surface area contributed by atoms with Gasteiger partial charge in [-0.15, -0.1) is 0 Å². The summed E-state index contributed by atoms with van der Waals surface area (Å²) >= 11 is 0. The molecule has 2 aromatic rings. The molecule has 1 fully saturated rings. The number of carboxylic acid groups (broad SMARTS) is 1. The Hall–Kier alpha value is -2.71. The number of pyridine rings is 2. The Morgan fingerprint density at radius 1 is 1.05 bits per heavy atom. The lowest BCUT2D eigenvalue weighted by Crippen LogP contribution is -2.40. The summed E-state index contributed by atoms with van der Waals surface area (Å²) in [6, 6.07) is 3.79. The minimum atomic E-state index is -1.16. The summed E-state index contributed by atoms with van der Waals surface area (Å²) in [4.78, 5) is 24.2. The van der Waals surface area contributed by atoms with Gasteiger partial charge >= 0.3 is 5.97 Å². The molecule has 1 N–H and O–H groups in total. The first kappa shape index (κ1) is 30.8. The van der Waals surface area contributed by atoms with Gasteiger partial charge in [-0.25, -0.2) is 4.79 Å². The van der Waals surface area contributed by atoms with Crippen molar-refractivity contribution in [2.75, 3.05) is 31.2 Å². The molecule has 0 bridgehead atoms. The van der Waals surface area contributed by atoms with Gasteiger partial charge in [-0.3, -0.25) is 9.97 Å². The average Bonchev–Trinajstić information content (AvgIpc) is 2.85. The maximum atomic E-state index is 12.6. The topological polar surface area (TPSA) is 94.0 Å². The third-order valence-electron chi connectivity index (χ3n) is 7.28. The minimum Gasteiger partial charge on any atom is -0.490 e. The van der Waals surface area contributed by atoms with Crippen LogP contribution in [0.2, 0.25) is 0 Å². The molecule has 2 aromatic heterocycles. The van der Waals surface area contributed by atoms with Crippen molar-refractivity contribution in [3.8, 4) is 17.0 Å². The number of hydrogen-bond donors (Lipinski definition) is 1. The Balaban J connectivity index is 2.02. The van der Waals surface area contributed by atoms with Crippen molar-refractivity contribution >= 4 is 11.7 Å². The summed E-state index contributed by atoms with van der Waals surface area (Å²) < 4.78 is 17.7. The lowest BCUT2D eigenvalue weighted by molar-refractivity contribution is -0.160. The van der Waals surface area contributed by atoms with Crippen LogP contribution in [0.15, 0.2) is 24.5 Å². The second kappa shape index (κ2) is 12.2. The number of nitrogens with zero attached hydrogens (tertiary/aromatic N) is 3. The largest absolute Gasteiger partial charge is 0.490 e. The number of carboxylic acids is 1. The van der Waals surface area contributed by atoms with Crippen LogP contribution in [0, 0.1) is 12.3 Å². The molecule has 0 spiro atoms. The summed E-state index contributed by atoms with van der Waals surface area (Å²) in [7, 11) is 0. The minimum absolute atomic E-state index is 0.217. The van der Waals surface area contributed by atoms with Gasteiger partial charge in [0.2, 0.25) is 0 Å². The number of ether oxygens (including phenoxy) is 3. The van der Waals surface area contributed by atoms with E-state index in [9.17, 15) is 9.90 Å². The highest BCUT2D eigenvalue weighted by Gasteiger charge is 2.36. The van der Waals surface area contributed by atoms with Crippen LogP contribution >= 0.6 is 0 Å². The van der Waals surface area contributed by atoms with Gasteiger partial charge in [-0.2, -0.15) is 0 Å². The number of rotatable bonds is 10. The quantitative estimate of drug-likeness (QED) is 0.336. The Kier molecular flexibility index (Phi) is 9.65. The molecule has 0 aliphatic carbocycles. The van der Waals surface area contributed by atoms with Gasteiger partial charge in [-0.1, -0.05) is 20.3 Å². The Bertz CT molecular complexity index is 1110. The summed E-state index contributed by atoms with van der Waals surface area (Å²) in [5, 5.41) is 10.3. The van der Waals surface area contributed by atoms with Crippen molar-refractivity contribution in [1.29, 1.82) is 0 Å². The first-order valence-corrected chi connectivity index (χ1v) is 14.0. The van der Waals surface area contributed by atoms with Crippen molar-refractivity contribution in [3.63, 3.8) is 0 Å². The van der Waals surface area contributed by atoms with E-state index in [2.05, 4.69) is 23.7 Å². The van der Waals surface area contributed by atoms with E-state index in [-0.39, 0.29) is 11.0 Å². The van der Waals surface area contributed by atoms with E-state index >= 15 is 0 Å². The lowest BCUT2D eigenvalue weighted by atomic mass is 9.78. The van der Waals surface area contributed by atoms with Gasteiger partial charge in [0.15, 0.2) is 6.10 Å². The van der Waals surface area contributed by atoms with E-state index < -0.39 is 17.7 Å². The summed E-state index contributed by atoms with van der Waals surface area (Å²) in [6.07, 6.45) is 5.51. The fraction of sp³-hybridized carbons (Fsp3) is 0.645. The highest BCUT2D eigenvalue weighted by atomic mass is 16.5. The summed E-state index contributed by atoms with van der Waals surface area (Å²) in [5.41, 5.74) is 3.00. The molecule has 8 nitrogen and oxygen atoms in total. The normalized spacial score (nSPS) is 16.7. The Labute approximate surface area is 234 Å². The van der Waals surface area contributed by atoms with Gasteiger partial charge < -0.3 is 24.2 Å². The second-order valence-electron chi connectivity index (χ2n) is 12.8. The van der Waals surface area contributed by atoms with Crippen LogP contribution in [0.25, 0.3) is 11.3 Å². The smallest absolute Gasteiger partial charge is 0.337 e. The number of aryl methyl sites for hydroxylation is 1. The van der Waals surface area contributed by atoms with Gasteiger partial charge in [-0.05, 0) is 78.9 Å². The van der Waals surface area contributed by atoms with Crippen molar-refractivity contribution in [1.82, 2.24) is 9.97 Å². The molecule has 1 atom stereocenters. The molecule has 0 unspecified atom stereocenters. The Morgan fingerprint density at radius 2 is 1.72 bits per heavy atom. The zero-order valence-corrected chi connectivity index (χ0v) is 25.3. The second-order valence-corrected chi connectivity index (χ2v) is 12.8. The standard InChI is InChI=1S/C31H47N3O5/c1-10-31(9)13-15-34(16-14-31)26-23(20-32-21(2)25(26)27(28(35)36)39-30(6,7)8)24-12-11-22(19-33-24)37-17-18-38-29(3,4)5/h11-12,19-20,27H,10,13-18H2,1-9H3,(H,35,36)/t27-/m0/s1. The van der Waals surface area contributed by atoms with E-state index in [1.807, 2.05) is 60.6 Å². The van der Waals surface area contributed by atoms with E-state index in [0.29, 0.717) is 35.9 Å². The Morgan fingerprint density at radius 3 is 2.23 bits per heavy atom. The number of hydrogen-bond acceptors (Lipinski definition) is 7. The van der Waals surface area contributed by atoms with Crippen molar-refractivity contribution in [2.24, 2.45) is 5.41 Å². The molecule has 0 saturated carbocycles. The molecule has 1 aliphatic rings. The van der Waals surface area contributed by atoms with Gasteiger partial charge in [0.05, 0.1) is 35.4 Å². The number of piperidine rings is 1. The van der Waals surface area contributed by atoms with Crippen LogP contribution < -0.4 is 9.64 Å². The van der Waals surface area contributed by atoms with E-state index in [1.54, 1.807) is 12.4 Å². The molecular weight excluding hydrogens is 494 g/mol. The van der Waals surface area contributed by atoms with Crippen LogP contribution in [0.1, 0.15) is 92.0 Å². The van der Waals surface area contributed by atoms with E-state index in [0.717, 1.165) is 43.6 Å². The van der Waals surface area contributed by atoms with Crippen molar-refractivity contribution in [3.05, 3.63) is 35.8 Å². The van der Waals surface area contributed by atoms with Gasteiger partial charge in [0, 0.05) is 36.1 Å².